The third kappa shape index (κ3) is 5.93. The predicted molar refractivity (Wildman–Crippen MR) is 112 cm³/mol. The van der Waals surface area contributed by atoms with Crippen LogP contribution in [0.3, 0.4) is 0 Å². The Kier molecular flexibility index (Phi) is 7.46. The molecule has 1 aliphatic heterocycles. The van der Waals surface area contributed by atoms with Gasteiger partial charge in [0, 0.05) is 38.6 Å². The predicted octanol–water partition coefficient (Wildman–Crippen LogP) is 4.17. The summed E-state index contributed by atoms with van der Waals surface area (Å²) in [6, 6.07) is 21.6. The Balaban J connectivity index is 1.49. The highest BCUT2D eigenvalue weighted by atomic mass is 16.2. The zero-order chi connectivity index (χ0) is 18.9. The Morgan fingerprint density at radius 1 is 0.926 bits per heavy atom. The molecule has 1 amide bonds. The lowest BCUT2D eigenvalue weighted by molar-refractivity contribution is -0.134. The summed E-state index contributed by atoms with van der Waals surface area (Å²) in [5.74, 6) is 0.300. The molecular formula is C24H32N2O. The molecule has 0 spiro atoms. The van der Waals surface area contributed by atoms with Crippen molar-refractivity contribution < 1.29 is 4.79 Å². The summed E-state index contributed by atoms with van der Waals surface area (Å²) in [5.41, 5.74) is 2.72. The van der Waals surface area contributed by atoms with Gasteiger partial charge in [-0.2, -0.15) is 0 Å². The Hall–Kier alpha value is -2.13. The number of hydrogen-bond acceptors (Lipinski definition) is 2. The zero-order valence-electron chi connectivity index (χ0n) is 16.5. The van der Waals surface area contributed by atoms with Crippen LogP contribution in [0.2, 0.25) is 0 Å². The third-order valence-electron chi connectivity index (χ3n) is 5.66. The van der Waals surface area contributed by atoms with E-state index in [1.165, 1.54) is 11.1 Å². The van der Waals surface area contributed by atoms with Crippen LogP contribution < -0.4 is 0 Å². The number of likely N-dealkylation sites (tertiary alicyclic amines) is 1. The number of carbonyl (C=O) groups excluding carboxylic acids is 1. The van der Waals surface area contributed by atoms with Gasteiger partial charge in [-0.25, -0.2) is 0 Å². The van der Waals surface area contributed by atoms with E-state index < -0.39 is 0 Å². The van der Waals surface area contributed by atoms with Crippen LogP contribution in [0.25, 0.3) is 0 Å². The Labute approximate surface area is 164 Å². The lowest BCUT2D eigenvalue weighted by atomic mass is 10.0. The number of rotatable bonds is 8. The fraction of sp³-hybridized carbons (Fsp3) is 0.458. The van der Waals surface area contributed by atoms with Crippen molar-refractivity contribution in [1.29, 1.82) is 0 Å². The van der Waals surface area contributed by atoms with Gasteiger partial charge >= 0.3 is 0 Å². The van der Waals surface area contributed by atoms with Gasteiger partial charge in [-0.3, -0.25) is 4.79 Å². The van der Waals surface area contributed by atoms with Gasteiger partial charge in [0.1, 0.15) is 0 Å². The SMILES string of the molecule is CCC(=O)N(CCc1ccccc1)C1CCN(CCc2ccccc2)CC1. The van der Waals surface area contributed by atoms with Gasteiger partial charge in [-0.15, -0.1) is 0 Å². The molecule has 1 aliphatic rings. The zero-order valence-corrected chi connectivity index (χ0v) is 16.5. The van der Waals surface area contributed by atoms with Crippen molar-refractivity contribution >= 4 is 5.91 Å². The first-order valence-electron chi connectivity index (χ1n) is 10.4. The fourth-order valence-corrected chi connectivity index (χ4v) is 3.99. The summed E-state index contributed by atoms with van der Waals surface area (Å²) in [4.78, 5) is 17.2. The van der Waals surface area contributed by atoms with E-state index in [0.29, 0.717) is 18.4 Å². The van der Waals surface area contributed by atoms with Gasteiger partial charge in [0.25, 0.3) is 0 Å². The van der Waals surface area contributed by atoms with Crippen LogP contribution in [0, 0.1) is 0 Å². The number of carbonyl (C=O) groups is 1. The lowest BCUT2D eigenvalue weighted by Crippen LogP contribution is -2.48. The summed E-state index contributed by atoms with van der Waals surface area (Å²) in [5, 5.41) is 0. The molecule has 1 saturated heterocycles. The van der Waals surface area contributed by atoms with Gasteiger partial charge in [0.05, 0.1) is 0 Å². The van der Waals surface area contributed by atoms with Gasteiger partial charge in [-0.05, 0) is 36.8 Å². The summed E-state index contributed by atoms with van der Waals surface area (Å²) < 4.78 is 0. The molecule has 2 aromatic carbocycles. The van der Waals surface area contributed by atoms with Gasteiger partial charge in [-0.1, -0.05) is 67.6 Å². The normalized spacial score (nSPS) is 15.6. The fourth-order valence-electron chi connectivity index (χ4n) is 3.99. The second-order valence-electron chi connectivity index (χ2n) is 7.48. The molecule has 3 heteroatoms. The number of nitrogens with zero attached hydrogens (tertiary/aromatic N) is 2. The molecule has 0 radical (unpaired) electrons. The van der Waals surface area contributed by atoms with Gasteiger partial charge < -0.3 is 9.80 Å². The molecule has 0 unspecified atom stereocenters. The van der Waals surface area contributed by atoms with Crippen molar-refractivity contribution in [3.63, 3.8) is 0 Å². The molecule has 0 saturated carbocycles. The highest BCUT2D eigenvalue weighted by molar-refractivity contribution is 5.76. The maximum Gasteiger partial charge on any atom is 0.222 e. The molecular weight excluding hydrogens is 332 g/mol. The molecule has 144 valence electrons. The minimum Gasteiger partial charge on any atom is -0.339 e. The van der Waals surface area contributed by atoms with Crippen LogP contribution >= 0.6 is 0 Å². The maximum atomic E-state index is 12.5. The summed E-state index contributed by atoms with van der Waals surface area (Å²) in [7, 11) is 0. The van der Waals surface area contributed by atoms with Crippen molar-refractivity contribution in [3.8, 4) is 0 Å². The van der Waals surface area contributed by atoms with E-state index in [0.717, 1.165) is 51.9 Å². The smallest absolute Gasteiger partial charge is 0.222 e. The van der Waals surface area contributed by atoms with Crippen LogP contribution in [0.5, 0.6) is 0 Å². The van der Waals surface area contributed by atoms with Gasteiger partial charge in [0.2, 0.25) is 5.91 Å². The second-order valence-corrected chi connectivity index (χ2v) is 7.48. The van der Waals surface area contributed by atoms with E-state index in [4.69, 9.17) is 0 Å². The van der Waals surface area contributed by atoms with Crippen molar-refractivity contribution in [2.45, 2.75) is 45.1 Å². The largest absolute Gasteiger partial charge is 0.339 e. The van der Waals surface area contributed by atoms with E-state index >= 15 is 0 Å². The third-order valence-corrected chi connectivity index (χ3v) is 5.66. The highest BCUT2D eigenvalue weighted by Gasteiger charge is 2.26. The standard InChI is InChI=1S/C24H32N2O/c1-2-24(27)26(20-14-22-11-7-4-8-12-22)23-15-18-25(19-16-23)17-13-21-9-5-3-6-10-21/h3-12,23H,2,13-20H2,1H3. The second kappa shape index (κ2) is 10.3. The molecule has 27 heavy (non-hydrogen) atoms. The Morgan fingerprint density at radius 3 is 2.04 bits per heavy atom. The first-order chi connectivity index (χ1) is 13.3. The highest BCUT2D eigenvalue weighted by Crippen LogP contribution is 2.19. The van der Waals surface area contributed by atoms with Crippen LogP contribution in [-0.2, 0) is 17.6 Å². The molecule has 0 aliphatic carbocycles. The number of amides is 1. The van der Waals surface area contributed by atoms with E-state index in [-0.39, 0.29) is 0 Å². The van der Waals surface area contributed by atoms with Crippen molar-refractivity contribution in [3.05, 3.63) is 71.8 Å². The first kappa shape index (κ1) is 19.6. The van der Waals surface area contributed by atoms with Crippen molar-refractivity contribution in [2.24, 2.45) is 0 Å². The molecule has 0 aromatic heterocycles. The monoisotopic (exact) mass is 364 g/mol. The van der Waals surface area contributed by atoms with E-state index in [2.05, 4.69) is 64.4 Å². The summed E-state index contributed by atoms with van der Waals surface area (Å²) >= 11 is 0. The number of piperidine rings is 1. The average molecular weight is 365 g/mol. The van der Waals surface area contributed by atoms with Gasteiger partial charge in [0.15, 0.2) is 0 Å². The first-order valence-corrected chi connectivity index (χ1v) is 10.4. The quantitative estimate of drug-likeness (QED) is 0.702. The van der Waals surface area contributed by atoms with E-state index in [1.54, 1.807) is 0 Å². The molecule has 3 rings (SSSR count). The van der Waals surface area contributed by atoms with Crippen molar-refractivity contribution in [1.82, 2.24) is 9.80 Å². The van der Waals surface area contributed by atoms with Crippen LogP contribution in [0.15, 0.2) is 60.7 Å². The van der Waals surface area contributed by atoms with Crippen molar-refractivity contribution in [2.75, 3.05) is 26.2 Å². The molecule has 1 fully saturated rings. The Bertz CT molecular complexity index is 678. The molecule has 0 atom stereocenters. The maximum absolute atomic E-state index is 12.5. The molecule has 1 heterocycles. The summed E-state index contributed by atoms with van der Waals surface area (Å²) in [6.45, 7) is 6.12. The average Bonchev–Trinajstić information content (AvgIpc) is 2.74. The van der Waals surface area contributed by atoms with E-state index in [9.17, 15) is 4.79 Å². The molecule has 0 N–H and O–H groups in total. The van der Waals surface area contributed by atoms with Crippen LogP contribution in [-0.4, -0.2) is 47.9 Å². The Morgan fingerprint density at radius 2 is 1.48 bits per heavy atom. The number of benzene rings is 2. The number of hydrogen-bond donors (Lipinski definition) is 0. The summed E-state index contributed by atoms with van der Waals surface area (Å²) in [6.07, 6.45) is 4.84. The molecule has 0 bridgehead atoms. The topological polar surface area (TPSA) is 23.6 Å². The molecule has 2 aromatic rings. The molecule has 3 nitrogen and oxygen atoms in total. The minimum absolute atomic E-state index is 0.300. The van der Waals surface area contributed by atoms with Crippen LogP contribution in [0.4, 0.5) is 0 Å². The minimum atomic E-state index is 0.300. The lowest BCUT2D eigenvalue weighted by Gasteiger charge is -2.38. The van der Waals surface area contributed by atoms with Crippen LogP contribution in [0.1, 0.15) is 37.3 Å². The van der Waals surface area contributed by atoms with E-state index in [1.807, 2.05) is 13.0 Å².